The lowest BCUT2D eigenvalue weighted by molar-refractivity contribution is 0.0952. The Morgan fingerprint density at radius 1 is 1.21 bits per heavy atom. The molecule has 0 heterocycles. The molecule has 2 aromatic rings. The zero-order chi connectivity index (χ0) is 17.7. The molecule has 0 bridgehead atoms. The number of amides is 1. The second-order valence-corrected chi connectivity index (χ2v) is 6.42. The van der Waals surface area contributed by atoms with E-state index < -0.39 is 0 Å². The second-order valence-electron chi connectivity index (χ2n) is 6.42. The highest BCUT2D eigenvalue weighted by atomic mass is 16.5. The van der Waals surface area contributed by atoms with E-state index in [4.69, 9.17) is 4.74 Å². The number of para-hydroxylation sites is 1. The quantitative estimate of drug-likeness (QED) is 0.667. The highest BCUT2D eigenvalue weighted by Gasteiger charge is 2.15. The van der Waals surface area contributed by atoms with E-state index in [0.29, 0.717) is 16.9 Å². The number of carbonyl (C=O) groups is 1. The Morgan fingerprint density at radius 3 is 2.58 bits per heavy atom. The SMILES string of the molecule is COc1ccccc1C(=O)NN=Cc1cc(C(C)(C)C)ccc1O. The van der Waals surface area contributed by atoms with Crippen molar-refractivity contribution in [1.82, 2.24) is 5.43 Å². The first-order valence-electron chi connectivity index (χ1n) is 7.63. The van der Waals surface area contributed by atoms with Gasteiger partial charge in [0.2, 0.25) is 0 Å². The minimum absolute atomic E-state index is 0.0447. The van der Waals surface area contributed by atoms with E-state index >= 15 is 0 Å². The Hall–Kier alpha value is -2.82. The summed E-state index contributed by atoms with van der Waals surface area (Å²) in [5.41, 5.74) is 4.41. The molecule has 5 heteroatoms. The van der Waals surface area contributed by atoms with Crippen LogP contribution in [0.2, 0.25) is 0 Å². The molecule has 2 aromatic carbocycles. The predicted molar refractivity (Wildman–Crippen MR) is 94.9 cm³/mol. The number of rotatable bonds is 4. The lowest BCUT2D eigenvalue weighted by Gasteiger charge is -2.19. The lowest BCUT2D eigenvalue weighted by Crippen LogP contribution is -2.18. The van der Waals surface area contributed by atoms with Gasteiger partial charge in [-0.15, -0.1) is 0 Å². The fourth-order valence-electron chi connectivity index (χ4n) is 2.18. The van der Waals surface area contributed by atoms with Gasteiger partial charge in [-0.1, -0.05) is 39.0 Å². The number of carbonyl (C=O) groups excluding carboxylic acids is 1. The van der Waals surface area contributed by atoms with Crippen molar-refractivity contribution in [2.75, 3.05) is 7.11 Å². The van der Waals surface area contributed by atoms with Gasteiger partial charge in [0, 0.05) is 5.56 Å². The molecule has 0 aliphatic rings. The molecule has 126 valence electrons. The number of hydrazone groups is 1. The van der Waals surface area contributed by atoms with Gasteiger partial charge in [-0.05, 0) is 35.2 Å². The number of nitrogens with one attached hydrogen (secondary N) is 1. The maximum atomic E-state index is 12.2. The summed E-state index contributed by atoms with van der Waals surface area (Å²) in [5, 5.41) is 13.9. The molecule has 2 rings (SSSR count). The molecule has 0 aliphatic carbocycles. The van der Waals surface area contributed by atoms with Crippen LogP contribution in [0.15, 0.2) is 47.6 Å². The molecular formula is C19H22N2O3. The van der Waals surface area contributed by atoms with Gasteiger partial charge in [-0.25, -0.2) is 5.43 Å². The first-order chi connectivity index (χ1) is 11.3. The van der Waals surface area contributed by atoms with E-state index in [0.717, 1.165) is 5.56 Å². The summed E-state index contributed by atoms with van der Waals surface area (Å²) >= 11 is 0. The van der Waals surface area contributed by atoms with Gasteiger partial charge in [-0.3, -0.25) is 4.79 Å². The lowest BCUT2D eigenvalue weighted by atomic mass is 9.86. The Bertz CT molecular complexity index is 761. The molecule has 0 aromatic heterocycles. The van der Waals surface area contributed by atoms with Crippen LogP contribution in [0.1, 0.15) is 42.3 Å². The maximum Gasteiger partial charge on any atom is 0.275 e. The van der Waals surface area contributed by atoms with Gasteiger partial charge < -0.3 is 9.84 Å². The Labute approximate surface area is 142 Å². The summed E-state index contributed by atoms with van der Waals surface area (Å²) in [4.78, 5) is 12.2. The van der Waals surface area contributed by atoms with E-state index in [1.807, 2.05) is 12.1 Å². The van der Waals surface area contributed by atoms with E-state index in [1.54, 1.807) is 30.3 Å². The van der Waals surface area contributed by atoms with Crippen LogP contribution in [0.5, 0.6) is 11.5 Å². The summed E-state index contributed by atoms with van der Waals surface area (Å²) in [7, 11) is 1.51. The summed E-state index contributed by atoms with van der Waals surface area (Å²) < 4.78 is 5.15. The molecule has 5 nitrogen and oxygen atoms in total. The van der Waals surface area contributed by atoms with Crippen molar-refractivity contribution in [3.8, 4) is 11.5 Å². The Kier molecular flexibility index (Phi) is 5.24. The van der Waals surface area contributed by atoms with Crippen molar-refractivity contribution < 1.29 is 14.6 Å². The maximum absolute atomic E-state index is 12.2. The summed E-state index contributed by atoms with van der Waals surface area (Å²) in [5.74, 6) is 0.205. The molecule has 0 saturated heterocycles. The zero-order valence-electron chi connectivity index (χ0n) is 14.3. The minimum Gasteiger partial charge on any atom is -0.507 e. The van der Waals surface area contributed by atoms with Crippen LogP contribution in [0.25, 0.3) is 0 Å². The third kappa shape index (κ3) is 4.13. The Morgan fingerprint density at radius 2 is 1.92 bits per heavy atom. The smallest absolute Gasteiger partial charge is 0.275 e. The van der Waals surface area contributed by atoms with Crippen molar-refractivity contribution in [2.45, 2.75) is 26.2 Å². The van der Waals surface area contributed by atoms with Crippen molar-refractivity contribution in [2.24, 2.45) is 5.10 Å². The van der Waals surface area contributed by atoms with Crippen molar-refractivity contribution >= 4 is 12.1 Å². The zero-order valence-corrected chi connectivity index (χ0v) is 14.3. The fourth-order valence-corrected chi connectivity index (χ4v) is 2.18. The van der Waals surface area contributed by atoms with Crippen LogP contribution in [-0.4, -0.2) is 24.3 Å². The first kappa shape index (κ1) is 17.5. The largest absolute Gasteiger partial charge is 0.507 e. The topological polar surface area (TPSA) is 70.9 Å². The van der Waals surface area contributed by atoms with Gasteiger partial charge in [0.15, 0.2) is 0 Å². The molecule has 0 spiro atoms. The number of ether oxygens (including phenoxy) is 1. The van der Waals surface area contributed by atoms with Gasteiger partial charge in [0.1, 0.15) is 11.5 Å². The molecular weight excluding hydrogens is 304 g/mol. The van der Waals surface area contributed by atoms with Crippen molar-refractivity contribution in [1.29, 1.82) is 0 Å². The number of phenols is 1. The standard InChI is InChI=1S/C19H22N2O3/c1-19(2,3)14-9-10-16(22)13(11-14)12-20-21-18(23)15-7-5-6-8-17(15)24-4/h5-12,22H,1-4H3,(H,21,23). The molecule has 2 N–H and O–H groups in total. The molecule has 0 atom stereocenters. The number of methoxy groups -OCH3 is 1. The first-order valence-corrected chi connectivity index (χ1v) is 7.63. The number of hydrogen-bond acceptors (Lipinski definition) is 4. The van der Waals surface area contributed by atoms with Crippen LogP contribution in [-0.2, 0) is 5.41 Å². The Balaban J connectivity index is 2.16. The number of benzene rings is 2. The predicted octanol–water partition coefficient (Wildman–Crippen LogP) is 3.46. The van der Waals surface area contributed by atoms with Crippen molar-refractivity contribution in [3.05, 3.63) is 59.2 Å². The molecule has 0 unspecified atom stereocenters. The third-order valence-electron chi connectivity index (χ3n) is 3.61. The van der Waals surface area contributed by atoms with Gasteiger partial charge in [0.25, 0.3) is 5.91 Å². The normalized spacial score (nSPS) is 11.5. The van der Waals surface area contributed by atoms with Crippen LogP contribution >= 0.6 is 0 Å². The van der Waals surface area contributed by atoms with E-state index in [2.05, 4.69) is 31.3 Å². The van der Waals surface area contributed by atoms with Crippen LogP contribution in [0, 0.1) is 0 Å². The van der Waals surface area contributed by atoms with Crippen LogP contribution < -0.4 is 10.2 Å². The summed E-state index contributed by atoms with van der Waals surface area (Å²) in [6.45, 7) is 6.26. The molecule has 0 aliphatic heterocycles. The molecule has 0 fully saturated rings. The number of aromatic hydroxyl groups is 1. The van der Waals surface area contributed by atoms with Crippen LogP contribution in [0.3, 0.4) is 0 Å². The molecule has 24 heavy (non-hydrogen) atoms. The molecule has 0 radical (unpaired) electrons. The molecule has 1 amide bonds. The van der Waals surface area contributed by atoms with E-state index in [9.17, 15) is 9.90 Å². The number of hydrogen-bond donors (Lipinski definition) is 2. The van der Waals surface area contributed by atoms with E-state index in [1.165, 1.54) is 13.3 Å². The number of nitrogens with zero attached hydrogens (tertiary/aromatic N) is 1. The monoisotopic (exact) mass is 326 g/mol. The average molecular weight is 326 g/mol. The number of phenolic OH excluding ortho intramolecular Hbond substituents is 1. The van der Waals surface area contributed by atoms with Gasteiger partial charge >= 0.3 is 0 Å². The van der Waals surface area contributed by atoms with Crippen LogP contribution in [0.4, 0.5) is 0 Å². The summed E-state index contributed by atoms with van der Waals surface area (Å²) in [6.07, 6.45) is 1.43. The van der Waals surface area contributed by atoms with Gasteiger partial charge in [0.05, 0.1) is 18.9 Å². The fraction of sp³-hybridized carbons (Fsp3) is 0.263. The minimum atomic E-state index is -0.379. The second kappa shape index (κ2) is 7.17. The van der Waals surface area contributed by atoms with Gasteiger partial charge in [-0.2, -0.15) is 5.10 Å². The summed E-state index contributed by atoms with van der Waals surface area (Å²) in [6, 6.07) is 12.3. The van der Waals surface area contributed by atoms with E-state index in [-0.39, 0.29) is 17.1 Å². The highest BCUT2D eigenvalue weighted by Crippen LogP contribution is 2.26. The highest BCUT2D eigenvalue weighted by molar-refractivity contribution is 5.97. The molecule has 0 saturated carbocycles. The average Bonchev–Trinajstić information content (AvgIpc) is 2.55. The third-order valence-corrected chi connectivity index (χ3v) is 3.61. The van der Waals surface area contributed by atoms with Crippen molar-refractivity contribution in [3.63, 3.8) is 0 Å².